The van der Waals surface area contributed by atoms with Gasteiger partial charge in [-0.1, -0.05) is 42.5 Å². The molecule has 0 fully saturated rings. The van der Waals surface area contributed by atoms with Gasteiger partial charge >= 0.3 is 0 Å². The Bertz CT molecular complexity index is 1240. The second-order valence-corrected chi connectivity index (χ2v) is 7.40. The molecule has 0 aliphatic carbocycles. The highest BCUT2D eigenvalue weighted by atomic mass is 19.1. The number of ether oxygens (including phenoxy) is 1. The van der Waals surface area contributed by atoms with E-state index >= 15 is 0 Å². The van der Waals surface area contributed by atoms with Crippen molar-refractivity contribution in [3.63, 3.8) is 0 Å². The third-order valence-electron chi connectivity index (χ3n) is 5.33. The highest BCUT2D eigenvalue weighted by molar-refractivity contribution is 5.96. The highest BCUT2D eigenvalue weighted by Gasteiger charge is 2.40. The van der Waals surface area contributed by atoms with Gasteiger partial charge in [0.25, 0.3) is 0 Å². The maximum absolute atomic E-state index is 14.1. The fourth-order valence-corrected chi connectivity index (χ4v) is 3.76. The molecule has 5 rings (SSSR count). The topological polar surface area (TPSA) is 52.3 Å². The van der Waals surface area contributed by atoms with E-state index in [-0.39, 0.29) is 18.2 Å². The van der Waals surface area contributed by atoms with Gasteiger partial charge in [-0.25, -0.2) is 18.8 Å². The third-order valence-corrected chi connectivity index (χ3v) is 5.33. The van der Waals surface area contributed by atoms with Gasteiger partial charge in [-0.3, -0.25) is 4.68 Å². The minimum Gasteiger partial charge on any atom is -0.474 e. The van der Waals surface area contributed by atoms with E-state index in [9.17, 15) is 8.78 Å². The standard InChI is InChI=1S/C24H18F2N4O/c25-20-5-3-4-19(12-20)24(13-30-16-27-15-28-30)14-31-23(29-24)18-10-8-17(9-11-18)21-6-1-2-7-22(21)26/h1-12,15-16H,13-14H2. The third kappa shape index (κ3) is 3.70. The number of halogens is 2. The van der Waals surface area contributed by atoms with Crippen molar-refractivity contribution in [2.45, 2.75) is 12.1 Å². The minimum atomic E-state index is -0.838. The molecule has 31 heavy (non-hydrogen) atoms. The fourth-order valence-electron chi connectivity index (χ4n) is 3.76. The van der Waals surface area contributed by atoms with Crippen LogP contribution >= 0.6 is 0 Å². The second kappa shape index (κ2) is 7.75. The number of aromatic nitrogens is 3. The molecule has 4 aromatic rings. The molecule has 0 N–H and O–H groups in total. The van der Waals surface area contributed by atoms with E-state index in [1.54, 1.807) is 35.3 Å². The lowest BCUT2D eigenvalue weighted by atomic mass is 9.91. The zero-order chi connectivity index (χ0) is 21.3. The first-order valence-corrected chi connectivity index (χ1v) is 9.79. The predicted molar refractivity (Wildman–Crippen MR) is 112 cm³/mol. The zero-order valence-corrected chi connectivity index (χ0v) is 16.5. The molecule has 7 heteroatoms. The monoisotopic (exact) mass is 416 g/mol. The van der Waals surface area contributed by atoms with Crippen molar-refractivity contribution in [2.24, 2.45) is 4.99 Å². The zero-order valence-electron chi connectivity index (χ0n) is 16.5. The summed E-state index contributed by atoms with van der Waals surface area (Å²) < 4.78 is 35.7. The summed E-state index contributed by atoms with van der Waals surface area (Å²) in [6, 6.07) is 20.3. The van der Waals surface area contributed by atoms with E-state index in [1.807, 2.05) is 30.3 Å². The Balaban J connectivity index is 1.51. The minimum absolute atomic E-state index is 0.237. The molecule has 3 aromatic carbocycles. The van der Waals surface area contributed by atoms with Gasteiger partial charge in [-0.2, -0.15) is 5.10 Å². The average molecular weight is 416 g/mol. The first-order chi connectivity index (χ1) is 15.1. The molecule has 0 bridgehead atoms. The molecule has 0 radical (unpaired) electrons. The predicted octanol–water partition coefficient (Wildman–Crippen LogP) is 4.60. The summed E-state index contributed by atoms with van der Waals surface area (Å²) in [6.07, 6.45) is 3.04. The van der Waals surface area contributed by atoms with Gasteiger partial charge in [-0.15, -0.1) is 0 Å². The van der Waals surface area contributed by atoms with Crippen LogP contribution in [-0.2, 0) is 16.8 Å². The molecule has 1 aliphatic heterocycles. The Hall–Kier alpha value is -3.87. The van der Waals surface area contributed by atoms with Crippen LogP contribution in [0.15, 0.2) is 90.4 Å². The Morgan fingerprint density at radius 2 is 1.74 bits per heavy atom. The van der Waals surface area contributed by atoms with Gasteiger partial charge in [0.2, 0.25) is 5.90 Å². The molecule has 5 nitrogen and oxygen atoms in total. The lowest BCUT2D eigenvalue weighted by Gasteiger charge is -2.24. The van der Waals surface area contributed by atoms with Crippen LogP contribution in [0.5, 0.6) is 0 Å². The van der Waals surface area contributed by atoms with Crippen molar-refractivity contribution in [3.05, 3.63) is 108 Å². The van der Waals surface area contributed by atoms with Gasteiger partial charge in [0.1, 0.15) is 36.4 Å². The van der Waals surface area contributed by atoms with Crippen LogP contribution in [0.25, 0.3) is 11.1 Å². The van der Waals surface area contributed by atoms with Crippen LogP contribution < -0.4 is 0 Å². The normalized spacial score (nSPS) is 17.9. The molecule has 0 saturated heterocycles. The summed E-state index contributed by atoms with van der Waals surface area (Å²) in [7, 11) is 0. The van der Waals surface area contributed by atoms with Crippen molar-refractivity contribution in [2.75, 3.05) is 6.61 Å². The van der Waals surface area contributed by atoms with E-state index in [2.05, 4.69) is 10.1 Å². The molecular formula is C24H18F2N4O. The lowest BCUT2D eigenvalue weighted by Crippen LogP contribution is -2.31. The van der Waals surface area contributed by atoms with Crippen molar-refractivity contribution in [1.82, 2.24) is 14.8 Å². The van der Waals surface area contributed by atoms with E-state index in [0.717, 1.165) is 11.1 Å². The maximum atomic E-state index is 14.1. The molecule has 1 aliphatic rings. The molecule has 0 saturated carbocycles. The molecule has 1 atom stereocenters. The summed E-state index contributed by atoms with van der Waals surface area (Å²) in [5.41, 5.74) is 1.91. The summed E-state index contributed by atoms with van der Waals surface area (Å²) in [6.45, 7) is 0.591. The number of hydrogen-bond acceptors (Lipinski definition) is 4. The fraction of sp³-hybridized carbons (Fsp3) is 0.125. The second-order valence-electron chi connectivity index (χ2n) is 7.40. The smallest absolute Gasteiger partial charge is 0.217 e. The van der Waals surface area contributed by atoms with E-state index in [4.69, 9.17) is 9.73 Å². The number of hydrogen-bond donors (Lipinski definition) is 0. The Morgan fingerprint density at radius 1 is 0.935 bits per heavy atom. The Morgan fingerprint density at radius 3 is 2.48 bits per heavy atom. The number of nitrogens with zero attached hydrogens (tertiary/aromatic N) is 4. The van der Waals surface area contributed by atoms with Crippen molar-refractivity contribution >= 4 is 5.90 Å². The van der Waals surface area contributed by atoms with Crippen molar-refractivity contribution in [1.29, 1.82) is 0 Å². The van der Waals surface area contributed by atoms with Crippen LogP contribution in [0, 0.1) is 11.6 Å². The van der Waals surface area contributed by atoms with Crippen LogP contribution in [0.3, 0.4) is 0 Å². The van der Waals surface area contributed by atoms with Crippen molar-refractivity contribution in [3.8, 4) is 11.1 Å². The number of benzene rings is 3. The summed E-state index contributed by atoms with van der Waals surface area (Å²) >= 11 is 0. The summed E-state index contributed by atoms with van der Waals surface area (Å²) in [5.74, 6) is -0.166. The first kappa shape index (κ1) is 19.1. The molecule has 1 aromatic heterocycles. The van der Waals surface area contributed by atoms with Gasteiger partial charge in [0.05, 0.1) is 6.54 Å². The molecule has 0 spiro atoms. The summed E-state index contributed by atoms with van der Waals surface area (Å²) in [5, 5.41) is 4.18. The maximum Gasteiger partial charge on any atom is 0.217 e. The lowest BCUT2D eigenvalue weighted by molar-refractivity contribution is 0.230. The quantitative estimate of drug-likeness (QED) is 0.478. The molecule has 154 valence electrons. The van der Waals surface area contributed by atoms with Crippen LogP contribution in [0.4, 0.5) is 8.78 Å². The highest BCUT2D eigenvalue weighted by Crippen LogP contribution is 2.35. The average Bonchev–Trinajstić information content (AvgIpc) is 3.46. The molecular weight excluding hydrogens is 398 g/mol. The van der Waals surface area contributed by atoms with Crippen molar-refractivity contribution < 1.29 is 13.5 Å². The Kier molecular flexibility index (Phi) is 4.78. The van der Waals surface area contributed by atoms with E-state index in [1.165, 1.54) is 24.5 Å². The summed E-state index contributed by atoms with van der Waals surface area (Å²) in [4.78, 5) is 8.85. The number of rotatable bonds is 5. The Labute approximate surface area is 177 Å². The van der Waals surface area contributed by atoms with E-state index in [0.29, 0.717) is 23.6 Å². The van der Waals surface area contributed by atoms with E-state index < -0.39 is 5.54 Å². The molecule has 1 unspecified atom stereocenters. The SMILES string of the molecule is Fc1cccc(C2(Cn3cncn3)COC(c3ccc(-c4ccccc4F)cc3)=N2)c1. The van der Waals surface area contributed by atoms with Gasteiger partial charge in [0.15, 0.2) is 0 Å². The first-order valence-electron chi connectivity index (χ1n) is 9.79. The van der Waals surface area contributed by atoms with Crippen LogP contribution in [-0.4, -0.2) is 27.3 Å². The van der Waals surface area contributed by atoms with Crippen LogP contribution in [0.1, 0.15) is 11.1 Å². The molecule has 2 heterocycles. The van der Waals surface area contributed by atoms with Gasteiger partial charge < -0.3 is 4.74 Å². The largest absolute Gasteiger partial charge is 0.474 e. The van der Waals surface area contributed by atoms with Gasteiger partial charge in [0, 0.05) is 11.1 Å². The number of aliphatic imine (C=N–C) groups is 1. The van der Waals surface area contributed by atoms with Gasteiger partial charge in [-0.05, 0) is 41.5 Å². The van der Waals surface area contributed by atoms with Crippen LogP contribution in [0.2, 0.25) is 0 Å². The molecule has 0 amide bonds.